The lowest BCUT2D eigenvalue weighted by Gasteiger charge is -2.09. The number of anilines is 1. The number of nitro benzene ring substituents is 1. The van der Waals surface area contributed by atoms with Crippen LogP contribution < -0.4 is 10.1 Å². The molecule has 0 saturated carbocycles. The van der Waals surface area contributed by atoms with E-state index in [1.807, 2.05) is 6.07 Å². The van der Waals surface area contributed by atoms with Crippen LogP contribution in [0, 0.1) is 28.4 Å². The van der Waals surface area contributed by atoms with E-state index >= 15 is 0 Å². The Labute approximate surface area is 176 Å². The van der Waals surface area contributed by atoms with Crippen molar-refractivity contribution in [2.24, 2.45) is 0 Å². The molecule has 0 radical (unpaired) electrons. The van der Waals surface area contributed by atoms with Crippen LogP contribution in [0.25, 0.3) is 0 Å². The van der Waals surface area contributed by atoms with Crippen LogP contribution in [-0.4, -0.2) is 20.6 Å². The van der Waals surface area contributed by atoms with Gasteiger partial charge in [0, 0.05) is 22.7 Å². The molecule has 0 aliphatic heterocycles. The van der Waals surface area contributed by atoms with Gasteiger partial charge in [-0.25, -0.2) is 4.68 Å². The molecule has 0 aliphatic carbocycles. The third-order valence-electron chi connectivity index (χ3n) is 4.04. The van der Waals surface area contributed by atoms with Gasteiger partial charge in [-0.2, -0.15) is 10.4 Å². The lowest BCUT2D eigenvalue weighted by molar-refractivity contribution is -0.385. The van der Waals surface area contributed by atoms with Crippen molar-refractivity contribution in [2.45, 2.75) is 19.9 Å². The lowest BCUT2D eigenvalue weighted by Crippen LogP contribution is -2.15. The maximum absolute atomic E-state index is 12.5. The summed E-state index contributed by atoms with van der Waals surface area (Å²) < 4.78 is 7.13. The fourth-order valence-electron chi connectivity index (χ4n) is 2.68. The van der Waals surface area contributed by atoms with Gasteiger partial charge < -0.3 is 10.1 Å². The van der Waals surface area contributed by atoms with E-state index < -0.39 is 4.92 Å². The summed E-state index contributed by atoms with van der Waals surface area (Å²) in [5.41, 5.74) is 0.820. The smallest absolute Gasteiger partial charge is 0.313 e. The number of benzene rings is 2. The summed E-state index contributed by atoms with van der Waals surface area (Å²) in [5.74, 6) is 0.493. The van der Waals surface area contributed by atoms with Gasteiger partial charge in [-0.3, -0.25) is 14.9 Å². The standard InChI is InChI=1S/C20H16ClN5O4/c1-13-11-19(25(24-13)10-2-9-22)23-20(27)14-3-6-16(7-4-14)30-18-8-5-15(21)12-17(18)26(28)29/h3-8,11-12H,2,10H2,1H3,(H,23,27). The highest BCUT2D eigenvalue weighted by Gasteiger charge is 2.17. The van der Waals surface area contributed by atoms with Crippen molar-refractivity contribution in [1.82, 2.24) is 9.78 Å². The molecule has 0 aliphatic rings. The van der Waals surface area contributed by atoms with Gasteiger partial charge in [-0.05, 0) is 43.3 Å². The molecular weight excluding hydrogens is 410 g/mol. The van der Waals surface area contributed by atoms with Crippen LogP contribution in [0.4, 0.5) is 11.5 Å². The number of nitro groups is 1. The minimum absolute atomic E-state index is 0.0403. The summed E-state index contributed by atoms with van der Waals surface area (Å²) in [6.45, 7) is 2.16. The average Bonchev–Trinajstić information content (AvgIpc) is 3.07. The maximum atomic E-state index is 12.5. The first-order valence-electron chi connectivity index (χ1n) is 8.82. The summed E-state index contributed by atoms with van der Waals surface area (Å²) in [7, 11) is 0. The van der Waals surface area contributed by atoms with E-state index in [1.54, 1.807) is 17.7 Å². The number of ether oxygens (including phenoxy) is 1. The highest BCUT2D eigenvalue weighted by Crippen LogP contribution is 2.33. The number of rotatable bonds is 7. The monoisotopic (exact) mass is 425 g/mol. The van der Waals surface area contributed by atoms with E-state index in [2.05, 4.69) is 10.4 Å². The van der Waals surface area contributed by atoms with Crippen LogP contribution >= 0.6 is 11.6 Å². The summed E-state index contributed by atoms with van der Waals surface area (Å²) in [4.78, 5) is 23.1. The molecule has 1 heterocycles. The van der Waals surface area contributed by atoms with Crippen molar-refractivity contribution in [3.63, 3.8) is 0 Å². The topological polar surface area (TPSA) is 123 Å². The molecule has 9 nitrogen and oxygen atoms in total. The molecule has 0 fully saturated rings. The van der Waals surface area contributed by atoms with Crippen molar-refractivity contribution < 1.29 is 14.5 Å². The van der Waals surface area contributed by atoms with Crippen molar-refractivity contribution in [3.8, 4) is 17.6 Å². The fraction of sp³-hybridized carbons (Fsp3) is 0.150. The van der Waals surface area contributed by atoms with E-state index in [9.17, 15) is 14.9 Å². The molecule has 1 amide bonds. The van der Waals surface area contributed by atoms with Gasteiger partial charge in [0.25, 0.3) is 5.91 Å². The number of hydrogen-bond acceptors (Lipinski definition) is 6. The Kier molecular flexibility index (Phi) is 6.29. The number of nitriles is 1. The Morgan fingerprint density at radius 3 is 2.70 bits per heavy atom. The second-order valence-corrected chi connectivity index (χ2v) is 6.69. The van der Waals surface area contributed by atoms with Crippen LogP contribution in [0.1, 0.15) is 22.5 Å². The van der Waals surface area contributed by atoms with Crippen LogP contribution in [-0.2, 0) is 6.54 Å². The quantitative estimate of drug-likeness (QED) is 0.431. The molecule has 1 aromatic heterocycles. The van der Waals surface area contributed by atoms with Gasteiger partial charge in [0.15, 0.2) is 0 Å². The number of nitrogens with zero attached hydrogens (tertiary/aromatic N) is 4. The number of carbonyl (C=O) groups is 1. The Morgan fingerprint density at radius 2 is 2.03 bits per heavy atom. The zero-order valence-corrected chi connectivity index (χ0v) is 16.6. The Hall–Kier alpha value is -3.90. The average molecular weight is 426 g/mol. The summed E-state index contributed by atoms with van der Waals surface area (Å²) in [6.07, 6.45) is 0.271. The van der Waals surface area contributed by atoms with Gasteiger partial charge >= 0.3 is 5.69 Å². The normalized spacial score (nSPS) is 10.3. The first-order valence-corrected chi connectivity index (χ1v) is 9.20. The van der Waals surface area contributed by atoms with Crippen molar-refractivity contribution in [2.75, 3.05) is 5.32 Å². The summed E-state index contributed by atoms with van der Waals surface area (Å²) in [5, 5.41) is 27.2. The molecule has 0 unspecified atom stereocenters. The van der Waals surface area contributed by atoms with Crippen LogP contribution in [0.15, 0.2) is 48.5 Å². The highest BCUT2D eigenvalue weighted by molar-refractivity contribution is 6.30. The molecule has 152 valence electrons. The Bertz CT molecular complexity index is 1140. The third-order valence-corrected chi connectivity index (χ3v) is 4.28. The predicted molar refractivity (Wildman–Crippen MR) is 110 cm³/mol. The number of halogens is 1. The van der Waals surface area contributed by atoms with Gasteiger partial charge in [0.2, 0.25) is 5.75 Å². The highest BCUT2D eigenvalue weighted by atomic mass is 35.5. The molecule has 0 atom stereocenters. The van der Waals surface area contributed by atoms with Gasteiger partial charge in [-0.1, -0.05) is 11.6 Å². The number of aryl methyl sites for hydroxylation is 2. The zero-order valence-electron chi connectivity index (χ0n) is 15.8. The SMILES string of the molecule is Cc1cc(NC(=O)c2ccc(Oc3ccc(Cl)cc3[N+](=O)[O-])cc2)n(CCC#N)n1. The predicted octanol–water partition coefficient (Wildman–Crippen LogP) is 4.71. The van der Waals surface area contributed by atoms with E-state index in [0.717, 1.165) is 5.69 Å². The number of hydrogen-bond donors (Lipinski definition) is 1. The molecule has 0 bridgehead atoms. The number of carbonyl (C=O) groups excluding carboxylic acids is 1. The molecular formula is C20H16ClN5O4. The Balaban J connectivity index is 1.73. The van der Waals surface area contributed by atoms with E-state index in [1.165, 1.54) is 42.5 Å². The number of amides is 1. The lowest BCUT2D eigenvalue weighted by atomic mass is 10.2. The van der Waals surface area contributed by atoms with Crippen molar-refractivity contribution >= 4 is 29.0 Å². The van der Waals surface area contributed by atoms with E-state index in [4.69, 9.17) is 21.6 Å². The Morgan fingerprint density at radius 1 is 1.30 bits per heavy atom. The third kappa shape index (κ3) is 4.92. The molecule has 30 heavy (non-hydrogen) atoms. The van der Waals surface area contributed by atoms with E-state index in [-0.39, 0.29) is 28.8 Å². The van der Waals surface area contributed by atoms with Crippen molar-refractivity contribution in [1.29, 1.82) is 5.26 Å². The molecule has 0 spiro atoms. The van der Waals surface area contributed by atoms with Gasteiger partial charge in [0.05, 0.1) is 29.7 Å². The summed E-state index contributed by atoms with van der Waals surface area (Å²) >= 11 is 5.80. The molecule has 1 N–H and O–H groups in total. The first kappa shape index (κ1) is 20.8. The largest absolute Gasteiger partial charge is 0.450 e. The number of aromatic nitrogens is 2. The molecule has 10 heteroatoms. The molecule has 3 rings (SSSR count). The molecule has 2 aromatic carbocycles. The first-order chi connectivity index (χ1) is 14.4. The fourth-order valence-corrected chi connectivity index (χ4v) is 2.85. The van der Waals surface area contributed by atoms with Crippen LogP contribution in [0.2, 0.25) is 5.02 Å². The second-order valence-electron chi connectivity index (χ2n) is 6.25. The molecule has 0 saturated heterocycles. The number of nitrogens with one attached hydrogen (secondary N) is 1. The molecule has 3 aromatic rings. The second kappa shape index (κ2) is 9.07. The minimum atomic E-state index is -0.583. The minimum Gasteiger partial charge on any atom is -0.450 e. The van der Waals surface area contributed by atoms with Gasteiger partial charge in [0.1, 0.15) is 11.6 Å². The zero-order chi connectivity index (χ0) is 21.7. The van der Waals surface area contributed by atoms with Crippen LogP contribution in [0.3, 0.4) is 0 Å². The van der Waals surface area contributed by atoms with Crippen LogP contribution in [0.5, 0.6) is 11.5 Å². The summed E-state index contributed by atoms with van der Waals surface area (Å²) in [6, 6.07) is 14.0. The maximum Gasteiger partial charge on any atom is 0.313 e. The van der Waals surface area contributed by atoms with Crippen molar-refractivity contribution in [3.05, 3.63) is 74.9 Å². The van der Waals surface area contributed by atoms with E-state index in [0.29, 0.717) is 23.7 Å². The van der Waals surface area contributed by atoms with Gasteiger partial charge in [-0.15, -0.1) is 0 Å².